The number of nitrogens with zero attached hydrogens (tertiary/aromatic N) is 3. The number of hydrogen-bond donors (Lipinski definition) is 0. The first-order valence-electron chi connectivity index (χ1n) is 8.78. The number of urea groups is 1. The first-order chi connectivity index (χ1) is 11.8. The number of benzene rings is 1. The Balaban J connectivity index is 1.79. The van der Waals surface area contributed by atoms with Gasteiger partial charge in [0.1, 0.15) is 0 Å². The van der Waals surface area contributed by atoms with Crippen LogP contribution in [0.25, 0.3) is 0 Å². The van der Waals surface area contributed by atoms with Crippen molar-refractivity contribution in [2.45, 2.75) is 31.9 Å². The highest BCUT2D eigenvalue weighted by Gasteiger charge is 2.42. The molecule has 1 atom stereocenters. The molecule has 1 fully saturated rings. The van der Waals surface area contributed by atoms with Gasteiger partial charge < -0.3 is 19.4 Å². The van der Waals surface area contributed by atoms with Gasteiger partial charge in [0.2, 0.25) is 0 Å². The molecule has 1 aromatic rings. The molecular weight excluding hydrogens is 318 g/mol. The minimum atomic E-state index is -0.541. The summed E-state index contributed by atoms with van der Waals surface area (Å²) in [6, 6.07) is 7.99. The predicted molar refractivity (Wildman–Crippen MR) is 95.3 cm³/mol. The van der Waals surface area contributed by atoms with Gasteiger partial charge in [-0.1, -0.05) is 24.3 Å². The van der Waals surface area contributed by atoms with E-state index in [1.165, 1.54) is 5.56 Å². The maximum atomic E-state index is 13.2. The normalized spacial score (nSPS) is 22.3. The highest BCUT2D eigenvalue weighted by Crippen LogP contribution is 2.32. The highest BCUT2D eigenvalue weighted by atomic mass is 16.5. The van der Waals surface area contributed by atoms with Crippen molar-refractivity contribution in [1.82, 2.24) is 14.7 Å². The zero-order valence-electron chi connectivity index (χ0n) is 15.5. The van der Waals surface area contributed by atoms with Crippen LogP contribution < -0.4 is 0 Å². The first-order valence-corrected chi connectivity index (χ1v) is 8.78. The second-order valence-corrected chi connectivity index (χ2v) is 7.60. The summed E-state index contributed by atoms with van der Waals surface area (Å²) < 4.78 is 5.85. The van der Waals surface area contributed by atoms with Crippen molar-refractivity contribution in [1.29, 1.82) is 0 Å². The number of amides is 3. The summed E-state index contributed by atoms with van der Waals surface area (Å²) in [5, 5.41) is 0. The number of piperazine rings is 1. The third kappa shape index (κ3) is 3.35. The largest absolute Gasteiger partial charge is 0.363 e. The summed E-state index contributed by atoms with van der Waals surface area (Å²) in [5.41, 5.74) is 1.73. The van der Waals surface area contributed by atoms with Crippen LogP contribution in [0.5, 0.6) is 0 Å². The molecule has 0 bridgehead atoms. The van der Waals surface area contributed by atoms with Crippen molar-refractivity contribution in [3.05, 3.63) is 35.4 Å². The van der Waals surface area contributed by atoms with Gasteiger partial charge in [-0.2, -0.15) is 0 Å². The third-order valence-electron chi connectivity index (χ3n) is 5.04. The third-order valence-corrected chi connectivity index (χ3v) is 5.04. The van der Waals surface area contributed by atoms with E-state index >= 15 is 0 Å². The summed E-state index contributed by atoms with van der Waals surface area (Å²) in [4.78, 5) is 30.7. The van der Waals surface area contributed by atoms with Gasteiger partial charge in [0.25, 0.3) is 5.91 Å². The molecule has 1 saturated heterocycles. The van der Waals surface area contributed by atoms with E-state index in [1.807, 2.05) is 36.9 Å². The van der Waals surface area contributed by atoms with Crippen LogP contribution in [0.2, 0.25) is 0 Å². The molecule has 1 aromatic carbocycles. The van der Waals surface area contributed by atoms with Crippen molar-refractivity contribution >= 4 is 11.9 Å². The SMILES string of the molecule is CN(C)C(=O)N1CCN(C(=O)C2OCCc3ccccc32)C(C)(C)C1. The van der Waals surface area contributed by atoms with E-state index in [0.29, 0.717) is 26.2 Å². The Kier molecular flexibility index (Phi) is 4.73. The Morgan fingerprint density at radius 3 is 2.60 bits per heavy atom. The lowest BCUT2D eigenvalue weighted by Gasteiger charge is -2.48. The summed E-state index contributed by atoms with van der Waals surface area (Å²) in [6.07, 6.45) is 0.300. The number of ether oxygens (including phenoxy) is 1. The molecule has 3 amide bonds. The second-order valence-electron chi connectivity index (χ2n) is 7.60. The average molecular weight is 345 g/mol. The van der Waals surface area contributed by atoms with Gasteiger partial charge in [0, 0.05) is 33.7 Å². The van der Waals surface area contributed by atoms with Crippen LogP contribution in [0.1, 0.15) is 31.1 Å². The number of rotatable bonds is 1. The molecule has 6 nitrogen and oxygen atoms in total. The Morgan fingerprint density at radius 1 is 1.20 bits per heavy atom. The number of hydrogen-bond acceptors (Lipinski definition) is 3. The van der Waals surface area contributed by atoms with Gasteiger partial charge in [-0.3, -0.25) is 4.79 Å². The summed E-state index contributed by atoms with van der Waals surface area (Å²) in [6.45, 7) is 6.16. The van der Waals surface area contributed by atoms with Gasteiger partial charge in [0.05, 0.1) is 12.1 Å². The number of carbonyl (C=O) groups is 2. The topological polar surface area (TPSA) is 53.1 Å². The molecule has 0 spiro atoms. The lowest BCUT2D eigenvalue weighted by Crippen LogP contribution is -2.64. The molecule has 1 unspecified atom stereocenters. The van der Waals surface area contributed by atoms with Crippen molar-refractivity contribution in [2.75, 3.05) is 40.3 Å². The quantitative estimate of drug-likeness (QED) is 0.781. The van der Waals surface area contributed by atoms with Crippen LogP contribution in [-0.2, 0) is 16.0 Å². The van der Waals surface area contributed by atoms with Crippen molar-refractivity contribution in [3.63, 3.8) is 0 Å². The molecule has 3 rings (SSSR count). The Bertz CT molecular complexity index is 672. The minimum Gasteiger partial charge on any atom is -0.363 e. The maximum Gasteiger partial charge on any atom is 0.319 e. The highest BCUT2D eigenvalue weighted by molar-refractivity contribution is 5.84. The molecule has 2 aliphatic heterocycles. The molecule has 136 valence electrons. The van der Waals surface area contributed by atoms with Crippen LogP contribution >= 0.6 is 0 Å². The molecular formula is C19H27N3O3. The van der Waals surface area contributed by atoms with Crippen LogP contribution in [0, 0.1) is 0 Å². The van der Waals surface area contributed by atoms with E-state index in [0.717, 1.165) is 12.0 Å². The lowest BCUT2D eigenvalue weighted by molar-refractivity contribution is -0.154. The molecule has 2 aliphatic rings. The molecule has 0 aromatic heterocycles. The van der Waals surface area contributed by atoms with E-state index in [-0.39, 0.29) is 11.9 Å². The molecule has 0 aliphatic carbocycles. The predicted octanol–water partition coefficient (Wildman–Crippen LogP) is 1.90. The van der Waals surface area contributed by atoms with Gasteiger partial charge in [-0.15, -0.1) is 0 Å². The fraction of sp³-hybridized carbons (Fsp3) is 0.579. The van der Waals surface area contributed by atoms with Gasteiger partial charge >= 0.3 is 6.03 Å². The summed E-state index contributed by atoms with van der Waals surface area (Å²) in [5.74, 6) is -0.00546. The monoisotopic (exact) mass is 345 g/mol. The molecule has 6 heteroatoms. The fourth-order valence-electron chi connectivity index (χ4n) is 3.75. The summed E-state index contributed by atoms with van der Waals surface area (Å²) in [7, 11) is 3.50. The molecule has 2 heterocycles. The van der Waals surface area contributed by atoms with Crippen LogP contribution in [0.3, 0.4) is 0 Å². The Hall–Kier alpha value is -2.08. The van der Waals surface area contributed by atoms with Crippen LogP contribution in [-0.4, -0.2) is 72.5 Å². The van der Waals surface area contributed by atoms with E-state index in [2.05, 4.69) is 6.07 Å². The molecule has 0 saturated carbocycles. The first kappa shape index (κ1) is 17.7. The maximum absolute atomic E-state index is 13.2. The Morgan fingerprint density at radius 2 is 1.92 bits per heavy atom. The van der Waals surface area contributed by atoms with E-state index in [9.17, 15) is 9.59 Å². The van der Waals surface area contributed by atoms with Gasteiger partial charge in [-0.25, -0.2) is 4.79 Å². The van der Waals surface area contributed by atoms with E-state index in [4.69, 9.17) is 4.74 Å². The van der Waals surface area contributed by atoms with Gasteiger partial charge in [0.15, 0.2) is 6.10 Å². The molecule has 0 N–H and O–H groups in total. The van der Waals surface area contributed by atoms with Gasteiger partial charge in [-0.05, 0) is 31.4 Å². The van der Waals surface area contributed by atoms with E-state index in [1.54, 1.807) is 23.9 Å². The van der Waals surface area contributed by atoms with Crippen molar-refractivity contribution < 1.29 is 14.3 Å². The molecule has 25 heavy (non-hydrogen) atoms. The standard InChI is InChI=1S/C19H27N3O3/c1-19(2)13-21(18(24)20(3)4)10-11-22(19)17(23)16-15-8-6-5-7-14(15)9-12-25-16/h5-8,16H,9-13H2,1-4H3. The zero-order valence-corrected chi connectivity index (χ0v) is 15.5. The smallest absolute Gasteiger partial charge is 0.319 e. The summed E-state index contributed by atoms with van der Waals surface area (Å²) >= 11 is 0. The molecule has 0 radical (unpaired) electrons. The van der Waals surface area contributed by atoms with Crippen molar-refractivity contribution in [2.24, 2.45) is 0 Å². The zero-order chi connectivity index (χ0) is 18.2. The number of fused-ring (bicyclic) bond motifs is 1. The van der Waals surface area contributed by atoms with Crippen molar-refractivity contribution in [3.8, 4) is 0 Å². The average Bonchev–Trinajstić information content (AvgIpc) is 2.59. The minimum absolute atomic E-state index is 0.00546. The van der Waals surface area contributed by atoms with E-state index < -0.39 is 11.6 Å². The Labute approximate surface area is 149 Å². The van der Waals surface area contributed by atoms with Crippen LogP contribution in [0.15, 0.2) is 24.3 Å². The second kappa shape index (κ2) is 6.67. The fourth-order valence-corrected chi connectivity index (χ4v) is 3.75. The number of carbonyl (C=O) groups excluding carboxylic acids is 2. The lowest BCUT2D eigenvalue weighted by atomic mass is 9.93. The van der Waals surface area contributed by atoms with Crippen LogP contribution in [0.4, 0.5) is 4.79 Å².